The van der Waals surface area contributed by atoms with Crippen molar-refractivity contribution in [3.05, 3.63) is 22.8 Å². The zero-order chi connectivity index (χ0) is 13.2. The monoisotopic (exact) mass is 268 g/mol. The van der Waals surface area contributed by atoms with Gasteiger partial charge in [0.2, 0.25) is 11.0 Å². The van der Waals surface area contributed by atoms with E-state index in [-0.39, 0.29) is 5.88 Å². The number of quaternary nitrogens is 1. The van der Waals surface area contributed by atoms with Gasteiger partial charge in [-0.2, -0.15) is 5.26 Å². The lowest BCUT2D eigenvalue weighted by atomic mass is 10.5. The van der Waals surface area contributed by atoms with E-state index in [1.54, 1.807) is 12.3 Å². The van der Waals surface area contributed by atoms with Gasteiger partial charge in [0.1, 0.15) is 0 Å². The Labute approximate surface area is 109 Å². The van der Waals surface area contributed by atoms with E-state index in [2.05, 4.69) is 16.9 Å². The first-order valence-electron chi connectivity index (χ1n) is 5.58. The standard InChI is InChI=1S/C7H7N3OS.C4H9NO/c1-2-3-10-6(11)4-12-7(10)9-5-8;1-3-6-4-2-5-1/h2,4,11H,1,3H2;5H,1-4H2. The molecular weight excluding hydrogens is 252 g/mol. The third-order valence-corrected chi connectivity index (χ3v) is 2.99. The molecule has 18 heavy (non-hydrogen) atoms. The van der Waals surface area contributed by atoms with Crippen LogP contribution in [0.5, 0.6) is 5.88 Å². The van der Waals surface area contributed by atoms with Crippen LogP contribution in [-0.2, 0) is 11.3 Å². The fourth-order valence-corrected chi connectivity index (χ4v) is 2.05. The Morgan fingerprint density at radius 1 is 1.67 bits per heavy atom. The normalized spacial score (nSPS) is 15.4. The van der Waals surface area contributed by atoms with Crippen molar-refractivity contribution in [3.8, 4) is 12.1 Å². The van der Waals surface area contributed by atoms with Gasteiger partial charge < -0.3 is 19.7 Å². The minimum absolute atomic E-state index is 0.145. The van der Waals surface area contributed by atoms with E-state index >= 15 is 0 Å². The Balaban J connectivity index is 0.000000225. The van der Waals surface area contributed by atoms with E-state index in [4.69, 9.17) is 10.00 Å². The predicted octanol–water partition coefficient (Wildman–Crippen LogP) is -1.23. The summed E-state index contributed by atoms with van der Waals surface area (Å²) in [6, 6.07) is 0. The molecule has 1 aliphatic rings. The van der Waals surface area contributed by atoms with Crippen molar-refractivity contribution in [1.29, 1.82) is 5.26 Å². The molecule has 0 aliphatic carbocycles. The van der Waals surface area contributed by atoms with E-state index < -0.39 is 0 Å². The fraction of sp³-hybridized carbons (Fsp3) is 0.455. The van der Waals surface area contributed by atoms with Crippen LogP contribution in [0.15, 0.2) is 23.0 Å². The van der Waals surface area contributed by atoms with Crippen molar-refractivity contribution in [2.45, 2.75) is 6.54 Å². The second kappa shape index (κ2) is 8.47. The maximum absolute atomic E-state index is 11.1. The van der Waals surface area contributed by atoms with Gasteiger partial charge in [0.25, 0.3) is 0 Å². The number of nitrogens with two attached hydrogens (primary N) is 1. The predicted molar refractivity (Wildman–Crippen MR) is 65.6 cm³/mol. The van der Waals surface area contributed by atoms with Crippen molar-refractivity contribution in [2.24, 2.45) is 4.99 Å². The molecule has 0 bridgehead atoms. The summed E-state index contributed by atoms with van der Waals surface area (Å²) in [4.78, 5) is 3.90. The zero-order valence-electron chi connectivity index (χ0n) is 10.0. The molecule has 98 valence electrons. The van der Waals surface area contributed by atoms with E-state index in [1.807, 2.05) is 0 Å². The largest absolute Gasteiger partial charge is 0.859 e. The first kappa shape index (κ1) is 14.4. The third kappa shape index (κ3) is 4.71. The summed E-state index contributed by atoms with van der Waals surface area (Å²) < 4.78 is 6.43. The Kier molecular flexibility index (Phi) is 6.79. The second-order valence-corrected chi connectivity index (χ2v) is 4.28. The zero-order valence-corrected chi connectivity index (χ0v) is 10.9. The molecule has 0 atom stereocenters. The molecule has 2 N–H and O–H groups in total. The summed E-state index contributed by atoms with van der Waals surface area (Å²) in [6.07, 6.45) is 3.23. The lowest BCUT2D eigenvalue weighted by molar-refractivity contribution is -0.670. The molecule has 0 aromatic carbocycles. The Hall–Kier alpha value is -1.62. The van der Waals surface area contributed by atoms with Gasteiger partial charge in [-0.1, -0.05) is 6.08 Å². The van der Waals surface area contributed by atoms with Gasteiger partial charge in [0, 0.05) is 11.9 Å². The van der Waals surface area contributed by atoms with Crippen LogP contribution in [0.3, 0.4) is 0 Å². The maximum atomic E-state index is 11.1. The molecule has 0 amide bonds. The molecule has 0 radical (unpaired) electrons. The number of nitriles is 1. The summed E-state index contributed by atoms with van der Waals surface area (Å²) in [6.45, 7) is 8.08. The highest BCUT2D eigenvalue weighted by atomic mass is 32.1. The van der Waals surface area contributed by atoms with Gasteiger partial charge in [-0.05, 0) is 5.88 Å². The average molecular weight is 268 g/mol. The average Bonchev–Trinajstić information content (AvgIpc) is 2.75. The smallest absolute Gasteiger partial charge is 0.208 e. The molecule has 1 aromatic rings. The number of nitrogens with zero attached hydrogens (tertiary/aromatic N) is 3. The molecule has 1 aliphatic heterocycles. The Bertz CT molecular complexity index is 457. The quantitative estimate of drug-likeness (QED) is 0.538. The van der Waals surface area contributed by atoms with E-state index in [9.17, 15) is 5.11 Å². The molecule has 0 unspecified atom stereocenters. The molecule has 1 saturated heterocycles. The van der Waals surface area contributed by atoms with Gasteiger partial charge in [0.05, 0.1) is 26.3 Å². The van der Waals surface area contributed by atoms with E-state index in [1.165, 1.54) is 9.95 Å². The van der Waals surface area contributed by atoms with Gasteiger partial charge in [-0.3, -0.25) is 0 Å². The van der Waals surface area contributed by atoms with E-state index in [0.717, 1.165) is 37.6 Å². The van der Waals surface area contributed by atoms with Gasteiger partial charge >= 0.3 is 0 Å². The number of rotatable bonds is 2. The van der Waals surface area contributed by atoms with Crippen LogP contribution in [0.25, 0.3) is 0 Å². The minimum atomic E-state index is -0.145. The highest BCUT2D eigenvalue weighted by Gasteiger charge is 1.97. The summed E-state index contributed by atoms with van der Waals surface area (Å²) >= 11 is 1.15. The number of hydrogen-bond acceptors (Lipinski definition) is 5. The third-order valence-electron chi connectivity index (χ3n) is 2.15. The topological polar surface area (TPSA) is 90.0 Å². The number of ether oxygens (including phenoxy) is 1. The van der Waals surface area contributed by atoms with Crippen molar-refractivity contribution < 1.29 is 15.2 Å². The molecule has 0 spiro atoms. The molecule has 1 fully saturated rings. The summed E-state index contributed by atoms with van der Waals surface area (Å²) in [7, 11) is 0. The maximum Gasteiger partial charge on any atom is 0.208 e. The molecule has 1 aromatic heterocycles. The SMILES string of the molecule is C1COCC[NH2+]1.C=CCn1c([O-])csc1=NC#N. The minimum Gasteiger partial charge on any atom is -0.859 e. The summed E-state index contributed by atoms with van der Waals surface area (Å²) in [5.41, 5.74) is 0. The second-order valence-electron chi connectivity index (χ2n) is 3.45. The van der Waals surface area contributed by atoms with Crippen LogP contribution < -0.4 is 15.2 Å². The van der Waals surface area contributed by atoms with Gasteiger partial charge in [0.15, 0.2) is 0 Å². The fourth-order valence-electron chi connectivity index (χ4n) is 1.33. The van der Waals surface area contributed by atoms with Crippen molar-refractivity contribution in [1.82, 2.24) is 4.57 Å². The molecular formula is C11H16N4O2S. The van der Waals surface area contributed by atoms with Crippen LogP contribution in [-0.4, -0.2) is 30.9 Å². The molecule has 7 heteroatoms. The number of morpholine rings is 1. The Morgan fingerprint density at radius 2 is 2.39 bits per heavy atom. The van der Waals surface area contributed by atoms with Crippen LogP contribution in [0, 0.1) is 11.5 Å². The summed E-state index contributed by atoms with van der Waals surface area (Å²) in [5.74, 6) is -0.145. The number of thiazole rings is 1. The first-order chi connectivity index (χ1) is 8.79. The van der Waals surface area contributed by atoms with Crippen LogP contribution in [0.4, 0.5) is 0 Å². The van der Waals surface area contributed by atoms with Crippen LogP contribution in [0.1, 0.15) is 0 Å². The molecule has 6 nitrogen and oxygen atoms in total. The van der Waals surface area contributed by atoms with Gasteiger partial charge in [-0.25, -0.2) is 0 Å². The lowest BCUT2D eigenvalue weighted by Gasteiger charge is -2.07. The molecule has 0 saturated carbocycles. The number of hydrogen-bond donors (Lipinski definition) is 1. The highest BCUT2D eigenvalue weighted by Crippen LogP contribution is 2.04. The molecule has 2 rings (SSSR count). The number of aromatic nitrogens is 1. The van der Waals surface area contributed by atoms with Crippen LogP contribution in [0.2, 0.25) is 0 Å². The van der Waals surface area contributed by atoms with Crippen LogP contribution >= 0.6 is 11.3 Å². The lowest BCUT2D eigenvalue weighted by Crippen LogP contribution is -2.87. The van der Waals surface area contributed by atoms with Crippen molar-refractivity contribution >= 4 is 11.3 Å². The number of allylic oxidation sites excluding steroid dienone is 1. The van der Waals surface area contributed by atoms with E-state index in [0.29, 0.717) is 11.3 Å². The van der Waals surface area contributed by atoms with Gasteiger partial charge in [-0.15, -0.1) is 22.9 Å². The van der Waals surface area contributed by atoms with Crippen molar-refractivity contribution in [3.63, 3.8) is 0 Å². The first-order valence-corrected chi connectivity index (χ1v) is 6.46. The highest BCUT2D eigenvalue weighted by molar-refractivity contribution is 7.07. The summed E-state index contributed by atoms with van der Waals surface area (Å²) in [5, 5.41) is 23.0. The Morgan fingerprint density at radius 3 is 2.83 bits per heavy atom. The van der Waals surface area contributed by atoms with Crippen molar-refractivity contribution in [2.75, 3.05) is 26.3 Å². The molecule has 2 heterocycles.